The van der Waals surface area contributed by atoms with Gasteiger partial charge < -0.3 is 5.32 Å². The minimum Gasteiger partial charge on any atom is -0.316 e. The van der Waals surface area contributed by atoms with E-state index in [9.17, 15) is 0 Å². The molecule has 4 heteroatoms. The van der Waals surface area contributed by atoms with Crippen molar-refractivity contribution in [3.63, 3.8) is 0 Å². The number of nitrogens with zero attached hydrogens (tertiary/aromatic N) is 3. The normalized spacial score (nSPS) is 22.6. The van der Waals surface area contributed by atoms with Crippen molar-refractivity contribution in [1.29, 1.82) is 0 Å². The number of rotatable bonds is 3. The number of aryl methyl sites for hydroxylation is 1. The van der Waals surface area contributed by atoms with Crippen molar-refractivity contribution >= 4 is 0 Å². The zero-order valence-corrected chi connectivity index (χ0v) is 9.45. The lowest BCUT2D eigenvalue weighted by atomic mass is 10.0. The zero-order chi connectivity index (χ0) is 10.5. The molecule has 1 aromatic rings. The van der Waals surface area contributed by atoms with Crippen LogP contribution in [-0.4, -0.2) is 28.1 Å². The van der Waals surface area contributed by atoms with Crippen LogP contribution in [0.5, 0.6) is 0 Å². The Balaban J connectivity index is 1.89. The minimum atomic E-state index is 0.721. The molecule has 2 heterocycles. The van der Waals surface area contributed by atoms with Gasteiger partial charge in [-0.2, -0.15) is 0 Å². The highest BCUT2D eigenvalue weighted by Crippen LogP contribution is 2.13. The molecule has 0 saturated carbocycles. The molecule has 0 radical (unpaired) electrons. The molecule has 1 fully saturated rings. The Hall–Kier alpha value is -0.900. The lowest BCUT2D eigenvalue weighted by molar-refractivity contribution is 0.386. The van der Waals surface area contributed by atoms with E-state index in [0.29, 0.717) is 0 Å². The quantitative estimate of drug-likeness (QED) is 0.812. The van der Waals surface area contributed by atoms with E-state index in [4.69, 9.17) is 0 Å². The monoisotopic (exact) mass is 208 g/mol. The fraction of sp³-hybridized carbons (Fsp3) is 0.818. The van der Waals surface area contributed by atoms with Gasteiger partial charge in [-0.3, -0.25) is 4.68 Å². The van der Waals surface area contributed by atoms with E-state index in [1.807, 2.05) is 4.68 Å². The highest BCUT2D eigenvalue weighted by atomic mass is 15.4. The summed E-state index contributed by atoms with van der Waals surface area (Å²) in [5.74, 6) is 0.721. The van der Waals surface area contributed by atoms with Crippen LogP contribution in [0.3, 0.4) is 0 Å². The van der Waals surface area contributed by atoms with Crippen LogP contribution >= 0.6 is 0 Å². The second-order valence-electron chi connectivity index (χ2n) is 4.35. The average molecular weight is 208 g/mol. The van der Waals surface area contributed by atoms with Gasteiger partial charge in [-0.25, -0.2) is 0 Å². The molecule has 1 N–H and O–H groups in total. The van der Waals surface area contributed by atoms with Gasteiger partial charge in [-0.1, -0.05) is 18.6 Å². The number of nitrogens with one attached hydrogen (secondary N) is 1. The number of hydrogen-bond donors (Lipinski definition) is 1. The van der Waals surface area contributed by atoms with Crippen molar-refractivity contribution in [2.75, 3.05) is 13.1 Å². The Bertz CT molecular complexity index is 287. The first-order valence-electron chi connectivity index (χ1n) is 5.98. The topological polar surface area (TPSA) is 42.7 Å². The average Bonchev–Trinajstić information content (AvgIpc) is 2.54. The second-order valence-corrected chi connectivity index (χ2v) is 4.35. The fourth-order valence-corrected chi connectivity index (χ4v) is 2.10. The molecule has 4 nitrogen and oxygen atoms in total. The van der Waals surface area contributed by atoms with Crippen LogP contribution in [0.1, 0.15) is 31.9 Å². The molecular formula is C11H20N4. The molecule has 1 atom stereocenters. The summed E-state index contributed by atoms with van der Waals surface area (Å²) < 4.78 is 2.00. The van der Waals surface area contributed by atoms with Crippen LogP contribution in [-0.2, 0) is 13.0 Å². The molecule has 2 rings (SSSR count). The summed E-state index contributed by atoms with van der Waals surface area (Å²) in [6.45, 7) is 5.43. The van der Waals surface area contributed by atoms with Gasteiger partial charge in [0.2, 0.25) is 0 Å². The van der Waals surface area contributed by atoms with E-state index in [1.165, 1.54) is 25.8 Å². The zero-order valence-electron chi connectivity index (χ0n) is 9.45. The smallest absolute Gasteiger partial charge is 0.0824 e. The Morgan fingerprint density at radius 3 is 3.27 bits per heavy atom. The largest absolute Gasteiger partial charge is 0.316 e. The lowest BCUT2D eigenvalue weighted by Crippen LogP contribution is -2.24. The van der Waals surface area contributed by atoms with Crippen molar-refractivity contribution in [1.82, 2.24) is 20.3 Å². The van der Waals surface area contributed by atoms with E-state index in [-0.39, 0.29) is 0 Å². The maximum absolute atomic E-state index is 4.15. The van der Waals surface area contributed by atoms with Crippen LogP contribution in [0.15, 0.2) is 6.20 Å². The Labute approximate surface area is 91.1 Å². The molecule has 0 aliphatic carbocycles. The predicted octanol–water partition coefficient (Wildman–Crippen LogP) is 1.23. The van der Waals surface area contributed by atoms with Gasteiger partial charge in [0.05, 0.1) is 5.69 Å². The first-order valence-corrected chi connectivity index (χ1v) is 5.98. The van der Waals surface area contributed by atoms with Crippen molar-refractivity contribution in [2.45, 2.75) is 39.2 Å². The van der Waals surface area contributed by atoms with Gasteiger partial charge >= 0.3 is 0 Å². The number of aromatic nitrogens is 3. The maximum atomic E-state index is 4.15. The summed E-state index contributed by atoms with van der Waals surface area (Å²) in [6.07, 6.45) is 7.02. The summed E-state index contributed by atoms with van der Waals surface area (Å²) in [7, 11) is 0. The van der Waals surface area contributed by atoms with Gasteiger partial charge in [0.25, 0.3) is 0 Å². The first kappa shape index (κ1) is 10.6. The molecule has 1 aliphatic heterocycles. The second kappa shape index (κ2) is 5.26. The maximum Gasteiger partial charge on any atom is 0.0824 e. The van der Waals surface area contributed by atoms with Crippen LogP contribution < -0.4 is 5.32 Å². The van der Waals surface area contributed by atoms with Gasteiger partial charge in [-0.15, -0.1) is 5.10 Å². The summed E-state index contributed by atoms with van der Waals surface area (Å²) in [4.78, 5) is 0. The fourth-order valence-electron chi connectivity index (χ4n) is 2.10. The molecule has 1 aromatic heterocycles. The van der Waals surface area contributed by atoms with Crippen LogP contribution in [0.2, 0.25) is 0 Å². The van der Waals surface area contributed by atoms with Crippen LogP contribution in [0.25, 0.3) is 0 Å². The molecule has 1 aliphatic rings. The highest BCUT2D eigenvalue weighted by Gasteiger charge is 2.13. The van der Waals surface area contributed by atoms with Crippen molar-refractivity contribution in [3.05, 3.63) is 11.9 Å². The minimum absolute atomic E-state index is 0.721. The first-order chi connectivity index (χ1) is 7.38. The van der Waals surface area contributed by atoms with Gasteiger partial charge in [-0.05, 0) is 38.3 Å². The summed E-state index contributed by atoms with van der Waals surface area (Å²) in [6, 6.07) is 0. The Morgan fingerprint density at radius 1 is 1.53 bits per heavy atom. The summed E-state index contributed by atoms with van der Waals surface area (Å²) in [5.41, 5.74) is 1.09. The molecule has 0 amide bonds. The van der Waals surface area contributed by atoms with Crippen molar-refractivity contribution < 1.29 is 0 Å². The molecule has 15 heavy (non-hydrogen) atoms. The molecule has 0 bridgehead atoms. The van der Waals surface area contributed by atoms with Gasteiger partial charge in [0, 0.05) is 12.7 Å². The molecule has 0 spiro atoms. The molecule has 1 saturated heterocycles. The third kappa shape index (κ3) is 3.02. The van der Waals surface area contributed by atoms with E-state index in [2.05, 4.69) is 28.7 Å². The molecule has 0 aromatic carbocycles. The van der Waals surface area contributed by atoms with Crippen molar-refractivity contribution in [3.8, 4) is 0 Å². The predicted molar refractivity (Wildman–Crippen MR) is 59.6 cm³/mol. The van der Waals surface area contributed by atoms with Crippen LogP contribution in [0, 0.1) is 5.92 Å². The van der Waals surface area contributed by atoms with E-state index >= 15 is 0 Å². The highest BCUT2D eigenvalue weighted by molar-refractivity contribution is 4.91. The molecule has 1 unspecified atom stereocenters. The van der Waals surface area contributed by atoms with E-state index < -0.39 is 0 Å². The van der Waals surface area contributed by atoms with E-state index in [0.717, 1.165) is 31.1 Å². The lowest BCUT2D eigenvalue weighted by Gasteiger charge is -2.13. The SMILES string of the molecule is CCc1cn(CC2CCCCNC2)nn1. The standard InChI is InChI=1S/C11H20N4/c1-2-11-9-15(14-13-11)8-10-5-3-4-6-12-7-10/h9-10,12H,2-8H2,1H3. The molecule has 84 valence electrons. The van der Waals surface area contributed by atoms with Crippen LogP contribution in [0.4, 0.5) is 0 Å². The third-order valence-corrected chi connectivity index (χ3v) is 3.04. The third-order valence-electron chi connectivity index (χ3n) is 3.04. The Morgan fingerprint density at radius 2 is 2.47 bits per heavy atom. The molecular weight excluding hydrogens is 188 g/mol. The summed E-state index contributed by atoms with van der Waals surface area (Å²) >= 11 is 0. The summed E-state index contributed by atoms with van der Waals surface area (Å²) in [5, 5.41) is 11.7. The van der Waals surface area contributed by atoms with E-state index in [1.54, 1.807) is 0 Å². The van der Waals surface area contributed by atoms with Gasteiger partial charge in [0.1, 0.15) is 0 Å². The van der Waals surface area contributed by atoms with Gasteiger partial charge in [0.15, 0.2) is 0 Å². The van der Waals surface area contributed by atoms with Crippen molar-refractivity contribution in [2.24, 2.45) is 5.92 Å². The Kier molecular flexibility index (Phi) is 3.72. The number of hydrogen-bond acceptors (Lipinski definition) is 3.